The summed E-state index contributed by atoms with van der Waals surface area (Å²) in [7, 11) is 0. The molecule has 0 aliphatic rings. The number of thioether (sulfide) groups is 1. The van der Waals surface area contributed by atoms with Crippen LogP contribution in [0, 0.1) is 0 Å². The third-order valence-electron chi connectivity index (χ3n) is 1.25. The fraction of sp³-hybridized carbons (Fsp3) is 0.111. The second-order valence-electron chi connectivity index (χ2n) is 2.21. The Labute approximate surface area is 86.7 Å². The number of aliphatic imine (C=N–C) groups is 1. The van der Waals surface area contributed by atoms with Crippen LogP contribution in [0.2, 0.25) is 5.02 Å². The predicted molar refractivity (Wildman–Crippen MR) is 60.3 cm³/mol. The Bertz CT molecular complexity index is 306. The van der Waals surface area contributed by atoms with Crippen LogP contribution >= 0.6 is 23.4 Å². The van der Waals surface area contributed by atoms with Crippen molar-refractivity contribution < 1.29 is 0 Å². The highest BCUT2D eigenvalue weighted by Gasteiger charge is 1.87. The van der Waals surface area contributed by atoms with Gasteiger partial charge in [-0.25, -0.2) is 0 Å². The molecule has 0 atom stereocenters. The molecular formula is C9H9ClN2S. The SMILES string of the molecule is CSC=N/C=C/c1ccc(Cl)cn1. The monoisotopic (exact) mass is 212 g/mol. The Balaban J connectivity index is 2.59. The molecule has 0 spiro atoms. The van der Waals surface area contributed by atoms with Crippen LogP contribution in [0.1, 0.15) is 5.69 Å². The molecule has 0 aliphatic heterocycles. The van der Waals surface area contributed by atoms with Crippen molar-refractivity contribution in [2.24, 2.45) is 4.99 Å². The molecule has 1 aromatic rings. The van der Waals surface area contributed by atoms with Gasteiger partial charge in [0.15, 0.2) is 0 Å². The number of halogens is 1. The first-order chi connectivity index (χ1) is 6.33. The molecule has 0 fully saturated rings. The number of pyridine rings is 1. The molecule has 0 amide bonds. The Morgan fingerprint density at radius 3 is 3.00 bits per heavy atom. The third-order valence-corrected chi connectivity index (χ3v) is 1.80. The highest BCUT2D eigenvalue weighted by atomic mass is 35.5. The van der Waals surface area contributed by atoms with E-state index in [1.807, 2.05) is 18.4 Å². The zero-order valence-electron chi connectivity index (χ0n) is 7.14. The van der Waals surface area contributed by atoms with Crippen molar-refractivity contribution >= 4 is 35.0 Å². The summed E-state index contributed by atoms with van der Waals surface area (Å²) in [6, 6.07) is 3.64. The molecule has 1 aromatic heterocycles. The van der Waals surface area contributed by atoms with Gasteiger partial charge in [0.25, 0.3) is 0 Å². The summed E-state index contributed by atoms with van der Waals surface area (Å²) in [6.07, 6.45) is 7.09. The highest BCUT2D eigenvalue weighted by Crippen LogP contribution is 2.06. The number of aromatic nitrogens is 1. The van der Waals surface area contributed by atoms with Crippen LogP contribution in [0.4, 0.5) is 0 Å². The van der Waals surface area contributed by atoms with Gasteiger partial charge >= 0.3 is 0 Å². The van der Waals surface area contributed by atoms with Crippen molar-refractivity contribution in [1.29, 1.82) is 0 Å². The van der Waals surface area contributed by atoms with Crippen LogP contribution in [-0.4, -0.2) is 16.8 Å². The van der Waals surface area contributed by atoms with Gasteiger partial charge in [-0.3, -0.25) is 9.98 Å². The second-order valence-corrected chi connectivity index (χ2v) is 3.33. The quantitative estimate of drug-likeness (QED) is 0.568. The van der Waals surface area contributed by atoms with E-state index < -0.39 is 0 Å². The number of hydrogen-bond donors (Lipinski definition) is 0. The zero-order chi connectivity index (χ0) is 9.52. The van der Waals surface area contributed by atoms with E-state index in [1.165, 1.54) is 0 Å². The van der Waals surface area contributed by atoms with E-state index in [1.54, 1.807) is 35.8 Å². The second kappa shape index (κ2) is 5.78. The standard InChI is InChI=1S/C9H9ClN2S/c1-13-7-11-5-4-9-3-2-8(10)6-12-9/h2-7H,1H3/b5-4+,11-7?. The van der Waals surface area contributed by atoms with E-state index in [-0.39, 0.29) is 0 Å². The Kier molecular flexibility index (Phi) is 4.57. The molecule has 2 nitrogen and oxygen atoms in total. The summed E-state index contributed by atoms with van der Waals surface area (Å²) < 4.78 is 0. The molecule has 0 N–H and O–H groups in total. The van der Waals surface area contributed by atoms with Crippen molar-refractivity contribution in [3.05, 3.63) is 35.2 Å². The van der Waals surface area contributed by atoms with E-state index in [0.717, 1.165) is 5.69 Å². The van der Waals surface area contributed by atoms with Crippen LogP contribution in [0.3, 0.4) is 0 Å². The van der Waals surface area contributed by atoms with E-state index in [9.17, 15) is 0 Å². The molecule has 0 radical (unpaired) electrons. The van der Waals surface area contributed by atoms with Crippen LogP contribution < -0.4 is 0 Å². The summed E-state index contributed by atoms with van der Waals surface area (Å²) >= 11 is 7.23. The molecule has 68 valence electrons. The summed E-state index contributed by atoms with van der Waals surface area (Å²) in [5.41, 5.74) is 2.61. The molecule has 0 aliphatic carbocycles. The minimum atomic E-state index is 0.643. The lowest BCUT2D eigenvalue weighted by atomic mass is 10.3. The first kappa shape index (κ1) is 10.3. The molecule has 0 aromatic carbocycles. The molecule has 0 saturated heterocycles. The fourth-order valence-corrected chi connectivity index (χ4v) is 1.01. The molecule has 0 unspecified atom stereocenters. The minimum absolute atomic E-state index is 0.643. The minimum Gasteiger partial charge on any atom is -0.258 e. The molecule has 4 heteroatoms. The number of rotatable bonds is 3. The summed E-state index contributed by atoms with van der Waals surface area (Å²) in [5, 5.41) is 0.643. The lowest BCUT2D eigenvalue weighted by Gasteiger charge is -1.90. The molecular weight excluding hydrogens is 204 g/mol. The average Bonchev–Trinajstić information content (AvgIpc) is 2.15. The number of nitrogens with zero attached hydrogens (tertiary/aromatic N) is 2. The van der Waals surface area contributed by atoms with Gasteiger partial charge in [-0.15, -0.1) is 11.8 Å². The fourth-order valence-electron chi connectivity index (χ4n) is 0.701. The third kappa shape index (κ3) is 4.10. The average molecular weight is 213 g/mol. The van der Waals surface area contributed by atoms with Crippen molar-refractivity contribution in [3.8, 4) is 0 Å². The molecule has 0 saturated carbocycles. The topological polar surface area (TPSA) is 25.2 Å². The van der Waals surface area contributed by atoms with Crippen LogP contribution in [0.25, 0.3) is 6.08 Å². The van der Waals surface area contributed by atoms with Gasteiger partial charge < -0.3 is 0 Å². The summed E-state index contributed by atoms with van der Waals surface area (Å²) in [5.74, 6) is 0. The van der Waals surface area contributed by atoms with E-state index >= 15 is 0 Å². The zero-order valence-corrected chi connectivity index (χ0v) is 8.72. The van der Waals surface area contributed by atoms with E-state index in [0.29, 0.717) is 5.02 Å². The van der Waals surface area contributed by atoms with Gasteiger partial charge in [0.05, 0.1) is 16.3 Å². The maximum atomic E-state index is 5.68. The molecule has 0 bridgehead atoms. The predicted octanol–water partition coefficient (Wildman–Crippen LogP) is 3.10. The van der Waals surface area contributed by atoms with Gasteiger partial charge in [-0.2, -0.15) is 0 Å². The maximum Gasteiger partial charge on any atom is 0.0646 e. The Morgan fingerprint density at radius 2 is 2.38 bits per heavy atom. The Morgan fingerprint density at radius 1 is 1.54 bits per heavy atom. The summed E-state index contributed by atoms with van der Waals surface area (Å²) in [6.45, 7) is 0. The highest BCUT2D eigenvalue weighted by molar-refractivity contribution is 8.11. The summed E-state index contributed by atoms with van der Waals surface area (Å²) in [4.78, 5) is 8.07. The van der Waals surface area contributed by atoms with Gasteiger partial charge in [0.1, 0.15) is 0 Å². The van der Waals surface area contributed by atoms with Crippen molar-refractivity contribution in [3.63, 3.8) is 0 Å². The van der Waals surface area contributed by atoms with Crippen LogP contribution in [0.5, 0.6) is 0 Å². The number of hydrogen-bond acceptors (Lipinski definition) is 3. The van der Waals surface area contributed by atoms with E-state index in [2.05, 4.69) is 9.98 Å². The van der Waals surface area contributed by atoms with Gasteiger partial charge in [-0.05, 0) is 24.5 Å². The molecule has 1 heterocycles. The Hall–Kier alpha value is -0.800. The lowest BCUT2D eigenvalue weighted by Crippen LogP contribution is -1.77. The van der Waals surface area contributed by atoms with Gasteiger partial charge in [-0.1, -0.05) is 11.6 Å². The van der Waals surface area contributed by atoms with Crippen molar-refractivity contribution in [2.75, 3.05) is 6.26 Å². The van der Waals surface area contributed by atoms with Crippen LogP contribution in [-0.2, 0) is 0 Å². The van der Waals surface area contributed by atoms with Crippen molar-refractivity contribution in [1.82, 2.24) is 4.98 Å². The van der Waals surface area contributed by atoms with Crippen LogP contribution in [0.15, 0.2) is 29.5 Å². The van der Waals surface area contributed by atoms with Crippen molar-refractivity contribution in [2.45, 2.75) is 0 Å². The van der Waals surface area contributed by atoms with Gasteiger partial charge in [0.2, 0.25) is 0 Å². The van der Waals surface area contributed by atoms with Gasteiger partial charge in [0, 0.05) is 12.4 Å². The normalized spacial score (nSPS) is 11.5. The smallest absolute Gasteiger partial charge is 0.0646 e. The first-order valence-electron chi connectivity index (χ1n) is 3.65. The largest absolute Gasteiger partial charge is 0.258 e. The maximum absolute atomic E-state index is 5.68. The molecule has 1 rings (SSSR count). The molecule has 13 heavy (non-hydrogen) atoms. The van der Waals surface area contributed by atoms with E-state index in [4.69, 9.17) is 11.6 Å². The lowest BCUT2D eigenvalue weighted by molar-refractivity contribution is 1.29. The first-order valence-corrected chi connectivity index (χ1v) is 5.32.